The monoisotopic (exact) mass is 416 g/mol. The highest BCUT2D eigenvalue weighted by Crippen LogP contribution is 2.29. The average molecular weight is 417 g/mol. The Hall–Kier alpha value is -3.38. The Kier molecular flexibility index (Phi) is 5.95. The molecular weight excluding hydrogens is 392 g/mol. The van der Waals surface area contributed by atoms with Crippen LogP contribution in [0.5, 0.6) is 0 Å². The second kappa shape index (κ2) is 8.97. The van der Waals surface area contributed by atoms with Crippen molar-refractivity contribution in [2.75, 3.05) is 19.0 Å². The van der Waals surface area contributed by atoms with Crippen LogP contribution in [0.25, 0.3) is 22.0 Å². The van der Waals surface area contributed by atoms with Crippen molar-refractivity contribution >= 4 is 22.9 Å². The minimum absolute atomic E-state index is 0.0241. The van der Waals surface area contributed by atoms with Crippen LogP contribution in [0.2, 0.25) is 0 Å². The Morgan fingerprint density at radius 3 is 2.53 bits per heavy atom. The minimum atomic E-state index is -0.0241. The van der Waals surface area contributed by atoms with Crippen molar-refractivity contribution in [3.63, 3.8) is 0 Å². The highest BCUT2D eigenvalue weighted by Gasteiger charge is 2.12. The Balaban J connectivity index is 1.40. The molecule has 2 aromatic carbocycles. The van der Waals surface area contributed by atoms with Gasteiger partial charge in [-0.2, -0.15) is 0 Å². The van der Waals surface area contributed by atoms with E-state index in [4.69, 9.17) is 4.98 Å². The smallest absolute Gasteiger partial charge is 0.240 e. The molecule has 0 saturated heterocycles. The average Bonchev–Trinajstić information content (AvgIpc) is 3.42. The third-order valence-corrected chi connectivity index (χ3v) is 5.74. The number of rotatable bonds is 7. The summed E-state index contributed by atoms with van der Waals surface area (Å²) in [5.74, 6) is -0.0241. The van der Waals surface area contributed by atoms with Gasteiger partial charge in [-0.1, -0.05) is 42.5 Å². The van der Waals surface area contributed by atoms with Crippen molar-refractivity contribution in [2.45, 2.75) is 13.1 Å². The lowest BCUT2D eigenvalue weighted by atomic mass is 10.2. The third-order valence-electron chi connectivity index (χ3n) is 4.88. The van der Waals surface area contributed by atoms with E-state index in [9.17, 15) is 4.79 Å². The van der Waals surface area contributed by atoms with E-state index >= 15 is 0 Å². The molecule has 4 rings (SSSR count). The van der Waals surface area contributed by atoms with Crippen molar-refractivity contribution in [3.05, 3.63) is 83.9 Å². The van der Waals surface area contributed by atoms with Crippen molar-refractivity contribution in [2.24, 2.45) is 0 Å². The molecule has 1 N–H and O–H groups in total. The molecular formula is C24H24N4OS. The number of thiazole rings is 1. The fourth-order valence-corrected chi connectivity index (χ4v) is 4.07. The van der Waals surface area contributed by atoms with Crippen LogP contribution in [-0.4, -0.2) is 29.6 Å². The first kappa shape index (κ1) is 19.9. The number of nitrogens with zero attached hydrogens (tertiary/aromatic N) is 3. The van der Waals surface area contributed by atoms with E-state index in [1.807, 2.05) is 67.3 Å². The number of hydrogen-bond donors (Lipinski definition) is 1. The van der Waals surface area contributed by atoms with Crippen LogP contribution in [0.1, 0.15) is 5.56 Å². The molecule has 0 unspecified atom stereocenters. The van der Waals surface area contributed by atoms with Crippen LogP contribution in [-0.2, 0) is 17.9 Å². The number of anilines is 1. The molecule has 0 fully saturated rings. The third kappa shape index (κ3) is 4.60. The van der Waals surface area contributed by atoms with Crippen molar-refractivity contribution in [1.82, 2.24) is 14.9 Å². The number of carbonyl (C=O) groups excluding carboxylic acids is 1. The summed E-state index contributed by atoms with van der Waals surface area (Å²) in [6, 6.07) is 22.3. The molecule has 0 atom stereocenters. The Morgan fingerprint density at radius 2 is 1.80 bits per heavy atom. The molecule has 0 aliphatic carbocycles. The molecule has 0 aliphatic rings. The molecule has 152 valence electrons. The number of benzene rings is 2. The maximum atomic E-state index is 12.5. The molecule has 30 heavy (non-hydrogen) atoms. The van der Waals surface area contributed by atoms with E-state index in [2.05, 4.69) is 39.9 Å². The fraction of sp³-hybridized carbons (Fsp3) is 0.167. The standard InChI is InChI=1S/C24H24N4OS/c1-27(2)20-12-10-18(11-13-20)15-25-23(29)16-28-14-6-9-22(28)24-26-21(17-30-24)19-7-4-3-5-8-19/h3-14,17H,15-16H2,1-2H3,(H,25,29). The van der Waals surface area contributed by atoms with Crippen molar-refractivity contribution < 1.29 is 4.79 Å². The van der Waals surface area contributed by atoms with Gasteiger partial charge in [-0.3, -0.25) is 4.79 Å². The van der Waals surface area contributed by atoms with Crippen molar-refractivity contribution in [1.29, 1.82) is 0 Å². The molecule has 0 saturated carbocycles. The summed E-state index contributed by atoms with van der Waals surface area (Å²) >= 11 is 1.59. The van der Waals surface area contributed by atoms with Crippen molar-refractivity contribution in [3.8, 4) is 22.0 Å². The molecule has 0 radical (unpaired) electrons. The van der Waals surface area contributed by atoms with Gasteiger partial charge in [-0.05, 0) is 29.8 Å². The largest absolute Gasteiger partial charge is 0.378 e. The fourth-order valence-electron chi connectivity index (χ4n) is 3.20. The normalized spacial score (nSPS) is 10.7. The number of aromatic nitrogens is 2. The lowest BCUT2D eigenvalue weighted by Crippen LogP contribution is -2.27. The predicted octanol–water partition coefficient (Wildman–Crippen LogP) is 4.66. The van der Waals surface area contributed by atoms with Gasteiger partial charge in [0, 0.05) is 43.5 Å². The molecule has 0 aliphatic heterocycles. The van der Waals surface area contributed by atoms with E-state index in [1.165, 1.54) is 0 Å². The van der Waals surface area contributed by atoms with Gasteiger partial charge >= 0.3 is 0 Å². The van der Waals surface area contributed by atoms with Gasteiger partial charge in [0.2, 0.25) is 5.91 Å². The lowest BCUT2D eigenvalue weighted by Gasteiger charge is -2.13. The van der Waals surface area contributed by atoms with Gasteiger partial charge in [-0.25, -0.2) is 4.98 Å². The number of nitrogens with one attached hydrogen (secondary N) is 1. The molecule has 4 aromatic rings. The summed E-state index contributed by atoms with van der Waals surface area (Å²) in [6.45, 7) is 0.775. The van der Waals surface area contributed by atoms with Gasteiger partial charge in [0.1, 0.15) is 11.6 Å². The van der Waals surface area contributed by atoms with Crippen LogP contribution in [0.3, 0.4) is 0 Å². The Bertz CT molecular complexity index is 1110. The SMILES string of the molecule is CN(C)c1ccc(CNC(=O)Cn2cccc2-c2nc(-c3ccccc3)cs2)cc1. The number of amides is 1. The first-order valence-corrected chi connectivity index (χ1v) is 10.7. The van der Waals surface area contributed by atoms with Gasteiger partial charge in [0.25, 0.3) is 0 Å². The molecule has 0 spiro atoms. The Labute approximate surface area is 180 Å². The lowest BCUT2D eigenvalue weighted by molar-refractivity contribution is -0.121. The van der Waals surface area contributed by atoms with E-state index in [0.717, 1.165) is 33.2 Å². The molecule has 0 bridgehead atoms. The zero-order valence-corrected chi connectivity index (χ0v) is 17.9. The summed E-state index contributed by atoms with van der Waals surface area (Å²) in [6.07, 6.45) is 1.92. The zero-order chi connectivity index (χ0) is 20.9. The Morgan fingerprint density at radius 1 is 1.03 bits per heavy atom. The molecule has 2 aromatic heterocycles. The van der Waals surface area contributed by atoms with E-state index < -0.39 is 0 Å². The van der Waals surface area contributed by atoms with E-state index in [0.29, 0.717) is 6.54 Å². The first-order valence-electron chi connectivity index (χ1n) is 9.79. The zero-order valence-electron chi connectivity index (χ0n) is 17.1. The molecule has 6 heteroatoms. The first-order chi connectivity index (χ1) is 14.6. The van der Waals surface area contributed by atoms with Gasteiger partial charge in [0.05, 0.1) is 11.4 Å². The molecule has 1 amide bonds. The number of hydrogen-bond acceptors (Lipinski definition) is 4. The summed E-state index contributed by atoms with van der Waals surface area (Å²) in [7, 11) is 4.02. The summed E-state index contributed by atoms with van der Waals surface area (Å²) in [5.41, 5.74) is 5.22. The summed E-state index contributed by atoms with van der Waals surface area (Å²) < 4.78 is 1.94. The summed E-state index contributed by atoms with van der Waals surface area (Å²) in [5, 5.41) is 5.97. The van der Waals surface area contributed by atoms with Crippen LogP contribution >= 0.6 is 11.3 Å². The maximum Gasteiger partial charge on any atom is 0.240 e. The van der Waals surface area contributed by atoms with Gasteiger partial charge in [-0.15, -0.1) is 11.3 Å². The predicted molar refractivity (Wildman–Crippen MR) is 124 cm³/mol. The van der Waals surface area contributed by atoms with E-state index in [-0.39, 0.29) is 12.5 Å². The second-order valence-corrected chi connectivity index (χ2v) is 8.12. The minimum Gasteiger partial charge on any atom is -0.378 e. The molecule has 2 heterocycles. The second-order valence-electron chi connectivity index (χ2n) is 7.26. The van der Waals surface area contributed by atoms with Gasteiger partial charge < -0.3 is 14.8 Å². The highest BCUT2D eigenvalue weighted by molar-refractivity contribution is 7.13. The summed E-state index contributed by atoms with van der Waals surface area (Å²) in [4.78, 5) is 19.3. The quantitative estimate of drug-likeness (QED) is 0.477. The molecule has 5 nitrogen and oxygen atoms in total. The highest BCUT2D eigenvalue weighted by atomic mass is 32.1. The topological polar surface area (TPSA) is 50.2 Å². The van der Waals surface area contributed by atoms with Crippen LogP contribution in [0.4, 0.5) is 5.69 Å². The van der Waals surface area contributed by atoms with E-state index in [1.54, 1.807) is 11.3 Å². The van der Waals surface area contributed by atoms with Crippen LogP contribution < -0.4 is 10.2 Å². The maximum absolute atomic E-state index is 12.5. The number of carbonyl (C=O) groups is 1. The van der Waals surface area contributed by atoms with Crippen LogP contribution in [0, 0.1) is 0 Å². The van der Waals surface area contributed by atoms with Gasteiger partial charge in [0.15, 0.2) is 0 Å². The van der Waals surface area contributed by atoms with Crippen LogP contribution in [0.15, 0.2) is 78.3 Å².